The number of aryl methyl sites for hydroxylation is 1. The predicted octanol–water partition coefficient (Wildman–Crippen LogP) is 2.57. The maximum absolute atomic E-state index is 12.4. The molecule has 8 nitrogen and oxygen atoms in total. The van der Waals surface area contributed by atoms with Gasteiger partial charge in [0.15, 0.2) is 0 Å². The number of fused-ring (bicyclic) bond motifs is 1. The summed E-state index contributed by atoms with van der Waals surface area (Å²) in [5.41, 5.74) is 1.01. The van der Waals surface area contributed by atoms with E-state index in [9.17, 15) is 24.5 Å². The number of non-ortho nitro benzene ring substituents is 1. The Balaban J connectivity index is 1.53. The molecule has 0 bridgehead atoms. The van der Waals surface area contributed by atoms with Crippen LogP contribution in [0.2, 0.25) is 0 Å². The first-order valence-electron chi connectivity index (χ1n) is 8.93. The van der Waals surface area contributed by atoms with E-state index in [1.165, 1.54) is 17.0 Å². The molecule has 3 rings (SSSR count). The van der Waals surface area contributed by atoms with Crippen molar-refractivity contribution in [3.8, 4) is 0 Å². The van der Waals surface area contributed by atoms with Crippen LogP contribution in [-0.2, 0) is 14.4 Å². The van der Waals surface area contributed by atoms with Crippen molar-refractivity contribution < 1.29 is 19.3 Å². The second kappa shape index (κ2) is 7.69. The Labute approximate surface area is 156 Å². The van der Waals surface area contributed by atoms with Crippen molar-refractivity contribution in [1.82, 2.24) is 4.90 Å². The summed E-state index contributed by atoms with van der Waals surface area (Å²) in [5.74, 6) is -1.13. The molecule has 27 heavy (non-hydrogen) atoms. The van der Waals surface area contributed by atoms with Crippen molar-refractivity contribution >= 4 is 29.1 Å². The number of allylic oxidation sites excluding steroid dienone is 2. The SMILES string of the molecule is Cc1ccc([N+](=O)[O-])cc1NC(=O)CCCN1C(=O)[C@@H]2CC=CC[C@H]2C1=O. The van der Waals surface area contributed by atoms with Crippen molar-refractivity contribution in [3.63, 3.8) is 0 Å². The Morgan fingerprint density at radius 1 is 1.22 bits per heavy atom. The zero-order chi connectivity index (χ0) is 19.6. The average Bonchev–Trinajstić information content (AvgIpc) is 2.88. The molecule has 8 heteroatoms. The number of rotatable bonds is 6. The highest BCUT2D eigenvalue weighted by atomic mass is 16.6. The fourth-order valence-corrected chi connectivity index (χ4v) is 3.56. The number of nitro benzene ring substituents is 1. The van der Waals surface area contributed by atoms with Crippen LogP contribution in [0.5, 0.6) is 0 Å². The van der Waals surface area contributed by atoms with Gasteiger partial charge < -0.3 is 5.32 Å². The highest BCUT2D eigenvalue weighted by Crippen LogP contribution is 2.35. The lowest BCUT2D eigenvalue weighted by Crippen LogP contribution is -2.32. The molecular weight excluding hydrogens is 350 g/mol. The highest BCUT2D eigenvalue weighted by Gasteiger charge is 2.46. The molecule has 1 N–H and O–H groups in total. The molecule has 1 heterocycles. The molecule has 142 valence electrons. The van der Waals surface area contributed by atoms with Gasteiger partial charge in [0.25, 0.3) is 5.69 Å². The van der Waals surface area contributed by atoms with Crippen molar-refractivity contribution in [2.45, 2.75) is 32.6 Å². The average molecular weight is 371 g/mol. The van der Waals surface area contributed by atoms with Crippen LogP contribution in [0.25, 0.3) is 0 Å². The molecule has 0 radical (unpaired) electrons. The van der Waals surface area contributed by atoms with E-state index in [1.54, 1.807) is 13.0 Å². The van der Waals surface area contributed by atoms with Gasteiger partial charge >= 0.3 is 0 Å². The van der Waals surface area contributed by atoms with Crippen molar-refractivity contribution in [3.05, 3.63) is 46.0 Å². The Hall–Kier alpha value is -3.03. The van der Waals surface area contributed by atoms with Crippen molar-refractivity contribution in [2.75, 3.05) is 11.9 Å². The van der Waals surface area contributed by atoms with Crippen LogP contribution in [0.15, 0.2) is 30.4 Å². The summed E-state index contributed by atoms with van der Waals surface area (Å²) >= 11 is 0. The smallest absolute Gasteiger partial charge is 0.271 e. The van der Waals surface area contributed by atoms with Gasteiger partial charge in [0.2, 0.25) is 17.7 Å². The number of nitrogens with zero attached hydrogens (tertiary/aromatic N) is 2. The van der Waals surface area contributed by atoms with E-state index < -0.39 is 4.92 Å². The number of benzene rings is 1. The fourth-order valence-electron chi connectivity index (χ4n) is 3.56. The summed E-state index contributed by atoms with van der Waals surface area (Å²) in [7, 11) is 0. The molecule has 1 aliphatic carbocycles. The number of likely N-dealkylation sites (tertiary alicyclic amines) is 1. The molecule has 1 fully saturated rings. The maximum Gasteiger partial charge on any atom is 0.271 e. The van der Waals surface area contributed by atoms with Gasteiger partial charge in [0.05, 0.1) is 22.4 Å². The molecule has 1 aromatic carbocycles. The third-order valence-corrected chi connectivity index (χ3v) is 5.09. The summed E-state index contributed by atoms with van der Waals surface area (Å²) in [6.45, 7) is 1.96. The predicted molar refractivity (Wildman–Crippen MR) is 97.8 cm³/mol. The van der Waals surface area contributed by atoms with Gasteiger partial charge in [-0.25, -0.2) is 0 Å². The molecule has 2 atom stereocenters. The lowest BCUT2D eigenvalue weighted by molar-refractivity contribution is -0.384. The molecule has 3 amide bonds. The van der Waals surface area contributed by atoms with E-state index in [-0.39, 0.29) is 48.2 Å². The fraction of sp³-hybridized carbons (Fsp3) is 0.421. The van der Waals surface area contributed by atoms with E-state index in [0.717, 1.165) is 5.56 Å². The standard InChI is InChI=1S/C19H21N3O5/c1-12-8-9-13(22(26)27)11-16(12)20-17(23)7-4-10-21-18(24)14-5-2-3-6-15(14)19(21)25/h2-3,8-9,11,14-15H,4-7,10H2,1H3,(H,20,23)/t14-,15-/m1/s1. The van der Waals surface area contributed by atoms with Gasteiger partial charge in [-0.05, 0) is 31.7 Å². The van der Waals surface area contributed by atoms with Gasteiger partial charge in [0.1, 0.15) is 0 Å². The number of nitro groups is 1. The molecule has 1 aliphatic heterocycles. The number of anilines is 1. The van der Waals surface area contributed by atoms with E-state index >= 15 is 0 Å². The van der Waals surface area contributed by atoms with Gasteiger partial charge in [-0.1, -0.05) is 18.2 Å². The third-order valence-electron chi connectivity index (χ3n) is 5.09. The van der Waals surface area contributed by atoms with Crippen molar-refractivity contribution in [2.24, 2.45) is 11.8 Å². The van der Waals surface area contributed by atoms with Crippen LogP contribution in [0, 0.1) is 28.9 Å². The molecule has 2 aliphatic rings. The summed E-state index contributed by atoms with van der Waals surface area (Å²) in [4.78, 5) is 48.5. The minimum absolute atomic E-state index is 0.0969. The highest BCUT2D eigenvalue weighted by molar-refractivity contribution is 6.05. The number of imide groups is 1. The third kappa shape index (κ3) is 3.89. The first kappa shape index (κ1) is 18.8. The first-order valence-corrected chi connectivity index (χ1v) is 8.93. The van der Waals surface area contributed by atoms with Crippen molar-refractivity contribution in [1.29, 1.82) is 0 Å². The summed E-state index contributed by atoms with van der Waals surface area (Å²) in [6, 6.07) is 4.27. The molecule has 1 saturated heterocycles. The lowest BCUT2D eigenvalue weighted by Gasteiger charge is -2.14. The zero-order valence-electron chi connectivity index (χ0n) is 15.0. The molecule has 0 unspecified atom stereocenters. The number of nitrogens with one attached hydrogen (secondary N) is 1. The zero-order valence-corrected chi connectivity index (χ0v) is 15.0. The second-order valence-corrected chi connectivity index (χ2v) is 6.89. The topological polar surface area (TPSA) is 110 Å². The summed E-state index contributed by atoms with van der Waals surface area (Å²) < 4.78 is 0. The lowest BCUT2D eigenvalue weighted by atomic mass is 9.85. The quantitative estimate of drug-likeness (QED) is 0.358. The number of hydrogen-bond acceptors (Lipinski definition) is 5. The Kier molecular flexibility index (Phi) is 5.34. The monoisotopic (exact) mass is 371 g/mol. The Morgan fingerprint density at radius 3 is 2.44 bits per heavy atom. The van der Waals surface area contributed by atoms with Crippen LogP contribution < -0.4 is 5.32 Å². The normalized spacial score (nSPS) is 21.3. The van der Waals surface area contributed by atoms with E-state index in [4.69, 9.17) is 0 Å². The largest absolute Gasteiger partial charge is 0.326 e. The molecule has 1 aromatic rings. The second-order valence-electron chi connectivity index (χ2n) is 6.89. The molecule has 0 spiro atoms. The van der Waals surface area contributed by atoms with Gasteiger partial charge in [-0.3, -0.25) is 29.4 Å². The van der Waals surface area contributed by atoms with Crippen LogP contribution in [0.4, 0.5) is 11.4 Å². The molecule has 0 saturated carbocycles. The van der Waals surface area contributed by atoms with E-state index in [2.05, 4.69) is 5.32 Å². The minimum Gasteiger partial charge on any atom is -0.326 e. The van der Waals surface area contributed by atoms with Gasteiger partial charge in [-0.2, -0.15) is 0 Å². The first-order chi connectivity index (χ1) is 12.9. The Morgan fingerprint density at radius 2 is 1.85 bits per heavy atom. The van der Waals surface area contributed by atoms with Gasteiger partial charge in [0, 0.05) is 25.1 Å². The molecular formula is C19H21N3O5. The number of amides is 3. The van der Waals surface area contributed by atoms with E-state index in [1.807, 2.05) is 12.2 Å². The van der Waals surface area contributed by atoms with Crippen LogP contribution in [0.1, 0.15) is 31.2 Å². The van der Waals surface area contributed by atoms with Crippen LogP contribution >= 0.6 is 0 Å². The summed E-state index contributed by atoms with van der Waals surface area (Å²) in [5, 5.41) is 13.5. The maximum atomic E-state index is 12.4. The molecule has 0 aromatic heterocycles. The number of carbonyl (C=O) groups excluding carboxylic acids is 3. The Bertz CT molecular complexity index is 807. The number of hydrogen-bond donors (Lipinski definition) is 1. The minimum atomic E-state index is -0.520. The van der Waals surface area contributed by atoms with Crippen LogP contribution in [0.3, 0.4) is 0 Å². The van der Waals surface area contributed by atoms with Gasteiger partial charge in [-0.15, -0.1) is 0 Å². The van der Waals surface area contributed by atoms with Crippen LogP contribution in [-0.4, -0.2) is 34.1 Å². The number of carbonyl (C=O) groups is 3. The van der Waals surface area contributed by atoms with E-state index in [0.29, 0.717) is 24.9 Å². The summed E-state index contributed by atoms with van der Waals surface area (Å²) in [6.07, 6.45) is 5.53.